The topological polar surface area (TPSA) is 55.1 Å². The Labute approximate surface area is 147 Å². The van der Waals surface area contributed by atoms with Gasteiger partial charge in [0.2, 0.25) is 0 Å². The lowest BCUT2D eigenvalue weighted by atomic mass is 10.00. The molecule has 4 nitrogen and oxygen atoms in total. The number of hydrogen-bond acceptors (Lipinski definition) is 3. The molecule has 1 aromatic carbocycles. The maximum Gasteiger partial charge on any atom is 0.418 e. The molecule has 0 aliphatic rings. The van der Waals surface area contributed by atoms with Crippen molar-refractivity contribution >= 4 is 16.7 Å². The zero-order valence-corrected chi connectivity index (χ0v) is 14.2. The molecule has 1 atom stereocenters. The number of aryl methyl sites for hydroxylation is 1. The summed E-state index contributed by atoms with van der Waals surface area (Å²) >= 11 is 0. The molecule has 0 saturated carbocycles. The highest BCUT2D eigenvalue weighted by Crippen LogP contribution is 2.36. The number of carbonyl (C=O) groups excluding carboxylic acids is 1. The molecule has 26 heavy (non-hydrogen) atoms. The molecule has 0 spiro atoms. The van der Waals surface area contributed by atoms with Gasteiger partial charge in [0, 0.05) is 29.0 Å². The van der Waals surface area contributed by atoms with Crippen molar-refractivity contribution in [2.24, 2.45) is 0 Å². The number of ketones is 1. The van der Waals surface area contributed by atoms with E-state index >= 15 is 0 Å². The van der Waals surface area contributed by atoms with Crippen LogP contribution in [0.5, 0.6) is 0 Å². The molecule has 7 heteroatoms. The summed E-state index contributed by atoms with van der Waals surface area (Å²) in [5.41, 5.74) is 0.266. The van der Waals surface area contributed by atoms with Gasteiger partial charge in [-0.25, -0.2) is 0 Å². The minimum absolute atomic E-state index is 0.0988. The first kappa shape index (κ1) is 18.1. The minimum atomic E-state index is -4.53. The summed E-state index contributed by atoms with van der Waals surface area (Å²) in [5, 5.41) is 10.9. The van der Waals surface area contributed by atoms with Crippen molar-refractivity contribution in [3.63, 3.8) is 0 Å². The molecule has 0 fully saturated rings. The summed E-state index contributed by atoms with van der Waals surface area (Å²) in [7, 11) is 0. The van der Waals surface area contributed by atoms with E-state index in [9.17, 15) is 23.1 Å². The molecule has 0 saturated heterocycles. The summed E-state index contributed by atoms with van der Waals surface area (Å²) in [4.78, 5) is 15.4. The summed E-state index contributed by atoms with van der Waals surface area (Å²) in [6.45, 7) is 3.14. The number of hydrogen-bond donors (Lipinski definition) is 1. The number of halogens is 3. The van der Waals surface area contributed by atoms with Gasteiger partial charge in [-0.1, -0.05) is 12.1 Å². The maximum absolute atomic E-state index is 13.3. The number of aromatic nitrogens is 2. The van der Waals surface area contributed by atoms with E-state index in [0.717, 1.165) is 6.07 Å². The zero-order chi connectivity index (χ0) is 19.1. The Morgan fingerprint density at radius 1 is 1.31 bits per heavy atom. The third-order valence-corrected chi connectivity index (χ3v) is 4.20. The molecule has 2 heterocycles. The highest BCUT2D eigenvalue weighted by Gasteiger charge is 2.33. The fourth-order valence-electron chi connectivity index (χ4n) is 2.97. The van der Waals surface area contributed by atoms with Crippen LogP contribution in [0.25, 0.3) is 10.9 Å². The largest absolute Gasteiger partial charge is 0.418 e. The van der Waals surface area contributed by atoms with Gasteiger partial charge in [0.15, 0.2) is 5.78 Å². The number of aliphatic hydroxyl groups is 1. The Morgan fingerprint density at radius 3 is 2.65 bits per heavy atom. The lowest BCUT2D eigenvalue weighted by Gasteiger charge is -2.17. The average molecular weight is 362 g/mol. The first-order valence-electron chi connectivity index (χ1n) is 7.99. The Kier molecular flexibility index (Phi) is 4.58. The molecule has 0 bridgehead atoms. The minimum Gasteiger partial charge on any atom is -0.387 e. The monoisotopic (exact) mass is 362 g/mol. The second-order valence-electron chi connectivity index (χ2n) is 6.22. The van der Waals surface area contributed by atoms with Gasteiger partial charge in [0.05, 0.1) is 23.7 Å². The Balaban J connectivity index is 2.05. The fourth-order valence-corrected chi connectivity index (χ4v) is 2.97. The molecular weight excluding hydrogens is 345 g/mol. The number of rotatable bonds is 4. The van der Waals surface area contributed by atoms with Crippen LogP contribution in [0.15, 0.2) is 42.7 Å². The van der Waals surface area contributed by atoms with Crippen LogP contribution in [-0.4, -0.2) is 20.4 Å². The number of alkyl halides is 3. The molecule has 0 radical (unpaired) electrons. The highest BCUT2D eigenvalue weighted by atomic mass is 19.4. The van der Waals surface area contributed by atoms with Crippen LogP contribution >= 0.6 is 0 Å². The second-order valence-corrected chi connectivity index (χ2v) is 6.22. The lowest BCUT2D eigenvalue weighted by Crippen LogP contribution is -2.11. The van der Waals surface area contributed by atoms with Crippen molar-refractivity contribution in [1.29, 1.82) is 0 Å². The molecule has 3 rings (SSSR count). The number of fused-ring (bicyclic) bond motifs is 1. The van der Waals surface area contributed by atoms with Crippen molar-refractivity contribution < 1.29 is 23.1 Å². The van der Waals surface area contributed by atoms with Crippen LogP contribution in [-0.2, 0) is 12.7 Å². The molecule has 136 valence electrons. The first-order valence-corrected chi connectivity index (χ1v) is 7.99. The van der Waals surface area contributed by atoms with E-state index in [4.69, 9.17) is 0 Å². The molecule has 1 unspecified atom stereocenters. The van der Waals surface area contributed by atoms with E-state index in [1.54, 1.807) is 36.0 Å². The lowest BCUT2D eigenvalue weighted by molar-refractivity contribution is -0.136. The molecule has 3 aromatic rings. The van der Waals surface area contributed by atoms with E-state index in [-0.39, 0.29) is 23.2 Å². The SMILES string of the molecule is CC(=O)c1ccn(CC(O)c2cc(C)nc3c(C(F)(F)F)cccc23)c1. The fraction of sp³-hybridized carbons (Fsp3) is 0.263. The molecule has 1 N–H and O–H groups in total. The van der Waals surface area contributed by atoms with Crippen molar-refractivity contribution in [2.45, 2.75) is 32.7 Å². The van der Waals surface area contributed by atoms with Gasteiger partial charge < -0.3 is 9.67 Å². The van der Waals surface area contributed by atoms with Crippen LogP contribution in [0.4, 0.5) is 13.2 Å². The number of aliphatic hydroxyl groups excluding tert-OH is 1. The first-order chi connectivity index (χ1) is 12.2. The number of carbonyl (C=O) groups is 1. The molecule has 0 aliphatic heterocycles. The van der Waals surface area contributed by atoms with E-state index < -0.39 is 17.8 Å². The third kappa shape index (κ3) is 3.48. The van der Waals surface area contributed by atoms with E-state index in [0.29, 0.717) is 16.8 Å². The normalized spacial score (nSPS) is 13.2. The summed E-state index contributed by atoms with van der Waals surface area (Å²) in [6.07, 6.45) is -2.32. The number of Topliss-reactive ketones (excluding diaryl/α,β-unsaturated/α-hetero) is 1. The number of pyridine rings is 1. The zero-order valence-electron chi connectivity index (χ0n) is 14.2. The smallest absolute Gasteiger partial charge is 0.387 e. The van der Waals surface area contributed by atoms with Gasteiger partial charge in [0.25, 0.3) is 0 Å². The van der Waals surface area contributed by atoms with Gasteiger partial charge >= 0.3 is 6.18 Å². The second kappa shape index (κ2) is 6.57. The van der Waals surface area contributed by atoms with Crippen LogP contribution in [0.1, 0.15) is 40.2 Å². The highest BCUT2D eigenvalue weighted by molar-refractivity contribution is 5.93. The number of para-hydroxylation sites is 1. The van der Waals surface area contributed by atoms with Crippen molar-refractivity contribution in [1.82, 2.24) is 9.55 Å². The van der Waals surface area contributed by atoms with Crippen LogP contribution in [0, 0.1) is 6.92 Å². The predicted octanol–water partition coefficient (Wildman–Crippen LogP) is 4.30. The quantitative estimate of drug-likeness (QED) is 0.704. The number of nitrogens with zero attached hydrogens (tertiary/aromatic N) is 2. The Hall–Kier alpha value is -2.67. The summed E-state index contributed by atoms with van der Waals surface area (Å²) < 4.78 is 41.4. The van der Waals surface area contributed by atoms with Gasteiger partial charge in [-0.3, -0.25) is 9.78 Å². The van der Waals surface area contributed by atoms with Crippen molar-refractivity contribution in [3.05, 3.63) is 65.1 Å². The van der Waals surface area contributed by atoms with Crippen LogP contribution < -0.4 is 0 Å². The van der Waals surface area contributed by atoms with Gasteiger partial charge in [-0.15, -0.1) is 0 Å². The van der Waals surface area contributed by atoms with Gasteiger partial charge in [-0.2, -0.15) is 13.2 Å². The Bertz CT molecular complexity index is 977. The third-order valence-electron chi connectivity index (χ3n) is 4.20. The van der Waals surface area contributed by atoms with Crippen LogP contribution in [0.2, 0.25) is 0 Å². The summed E-state index contributed by atoms with van der Waals surface area (Å²) in [5.74, 6) is -0.0988. The predicted molar refractivity (Wildman–Crippen MR) is 90.9 cm³/mol. The average Bonchev–Trinajstić information content (AvgIpc) is 3.01. The molecular formula is C19H17F3N2O2. The summed E-state index contributed by atoms with van der Waals surface area (Å²) in [6, 6.07) is 7.03. The maximum atomic E-state index is 13.3. The van der Waals surface area contributed by atoms with Crippen molar-refractivity contribution in [3.8, 4) is 0 Å². The molecule has 0 aliphatic carbocycles. The van der Waals surface area contributed by atoms with E-state index in [1.165, 1.54) is 19.1 Å². The van der Waals surface area contributed by atoms with Gasteiger partial charge in [0.1, 0.15) is 0 Å². The number of benzene rings is 1. The standard InChI is InChI=1S/C19H17F3N2O2/c1-11-8-15(17(26)10-24-7-6-13(9-24)12(2)25)14-4-3-5-16(18(14)23-11)19(20,21)22/h3-9,17,26H,10H2,1-2H3. The van der Waals surface area contributed by atoms with E-state index in [2.05, 4.69) is 4.98 Å². The molecule has 2 aromatic heterocycles. The van der Waals surface area contributed by atoms with Gasteiger partial charge in [-0.05, 0) is 37.6 Å². The van der Waals surface area contributed by atoms with Crippen LogP contribution in [0.3, 0.4) is 0 Å². The van der Waals surface area contributed by atoms with Crippen molar-refractivity contribution in [2.75, 3.05) is 0 Å². The van der Waals surface area contributed by atoms with E-state index in [1.807, 2.05) is 0 Å². The molecule has 0 amide bonds. The Morgan fingerprint density at radius 2 is 2.04 bits per heavy atom.